The molecule has 0 bridgehead atoms. The smallest absolute Gasteiger partial charge is 0.320 e. The average Bonchev–Trinajstić information content (AvgIpc) is 2.23. The fourth-order valence-electron chi connectivity index (χ4n) is 1.29. The lowest BCUT2D eigenvalue weighted by Crippen LogP contribution is -2.16. The van der Waals surface area contributed by atoms with Gasteiger partial charge in [-0.1, -0.05) is 0 Å². The highest BCUT2D eigenvalue weighted by atomic mass is 31.2. The third kappa shape index (κ3) is 4.76. The Hall–Kier alpha value is -1.20. The average molecular weight is 298 g/mol. The molecular weight excluding hydrogens is 287 g/mol. The van der Waals surface area contributed by atoms with Crippen LogP contribution in [0.25, 0.3) is 0 Å². The van der Waals surface area contributed by atoms with Gasteiger partial charge in [0.2, 0.25) is 0 Å². The van der Waals surface area contributed by atoms with Crippen LogP contribution >= 0.6 is 7.37 Å². The zero-order valence-electron chi connectivity index (χ0n) is 10.1. The molecule has 0 saturated carbocycles. The number of benzene rings is 1. The zero-order valence-corrected chi connectivity index (χ0v) is 11.0. The van der Waals surface area contributed by atoms with Crippen molar-refractivity contribution in [3.05, 3.63) is 35.1 Å². The van der Waals surface area contributed by atoms with E-state index in [-0.39, 0.29) is 0 Å². The Morgan fingerprint density at radius 2 is 1.89 bits per heavy atom. The molecule has 0 heterocycles. The van der Waals surface area contributed by atoms with E-state index in [0.717, 1.165) is 0 Å². The van der Waals surface area contributed by atoms with E-state index in [1.165, 1.54) is 13.3 Å². The highest BCUT2D eigenvalue weighted by molar-refractivity contribution is 7.57. The number of hydrogen-bond donors (Lipinski definition) is 0. The van der Waals surface area contributed by atoms with Crippen molar-refractivity contribution in [1.29, 1.82) is 0 Å². The summed E-state index contributed by atoms with van der Waals surface area (Å²) in [6.45, 7) is 1.64. The molecular formula is C11H11F4O3P. The first-order chi connectivity index (χ1) is 8.50. The summed E-state index contributed by atoms with van der Waals surface area (Å²) >= 11 is 0. The van der Waals surface area contributed by atoms with E-state index in [1.54, 1.807) is 0 Å². The molecule has 0 aliphatic carbocycles. The van der Waals surface area contributed by atoms with Gasteiger partial charge in [-0.25, -0.2) is 4.39 Å². The number of carbonyl (C=O) groups excluding carboxylic acids is 1. The van der Waals surface area contributed by atoms with Crippen molar-refractivity contribution in [2.75, 3.05) is 19.9 Å². The summed E-state index contributed by atoms with van der Waals surface area (Å²) < 4.78 is 66.8. The van der Waals surface area contributed by atoms with Crippen LogP contribution in [0.1, 0.15) is 15.9 Å². The van der Waals surface area contributed by atoms with E-state index >= 15 is 0 Å². The molecule has 0 atom stereocenters. The van der Waals surface area contributed by atoms with Crippen molar-refractivity contribution in [1.82, 2.24) is 0 Å². The van der Waals surface area contributed by atoms with Crippen molar-refractivity contribution in [3.63, 3.8) is 0 Å². The molecule has 1 rings (SSSR count). The number of Topliss-reactive ketones (excluding diaryl/α,β-unsaturated/α-hetero) is 1. The minimum absolute atomic E-state index is 0.486. The van der Waals surface area contributed by atoms with Crippen molar-refractivity contribution < 1.29 is 31.4 Å². The van der Waals surface area contributed by atoms with Gasteiger partial charge in [-0.2, -0.15) is 13.2 Å². The number of hydrogen-bond acceptors (Lipinski definition) is 3. The molecule has 0 amide bonds. The highest BCUT2D eigenvalue weighted by Crippen LogP contribution is 2.38. The summed E-state index contributed by atoms with van der Waals surface area (Å²) in [5, 5.41) is 0. The predicted octanol–water partition coefficient (Wildman–Crippen LogP) is 3.58. The van der Waals surface area contributed by atoms with Crippen LogP contribution in [-0.2, 0) is 15.3 Å². The number of rotatable bonds is 4. The van der Waals surface area contributed by atoms with Gasteiger partial charge in [0.15, 0.2) is 13.2 Å². The van der Waals surface area contributed by atoms with Crippen LogP contribution in [0.5, 0.6) is 0 Å². The van der Waals surface area contributed by atoms with E-state index in [9.17, 15) is 26.9 Å². The Balaban J connectivity index is 3.08. The molecule has 0 N–H and O–H groups in total. The Labute approximate surface area is 107 Å². The second kappa shape index (κ2) is 5.43. The molecule has 0 radical (unpaired) electrons. The lowest BCUT2D eigenvalue weighted by Gasteiger charge is -2.13. The van der Waals surface area contributed by atoms with Gasteiger partial charge in [0.1, 0.15) is 12.4 Å². The minimum Gasteiger partial charge on any atom is -0.320 e. The van der Waals surface area contributed by atoms with Crippen LogP contribution in [-0.4, -0.2) is 25.7 Å². The molecule has 8 heteroatoms. The first kappa shape index (κ1) is 15.9. The first-order valence-electron chi connectivity index (χ1n) is 5.10. The zero-order chi connectivity index (χ0) is 14.8. The van der Waals surface area contributed by atoms with Gasteiger partial charge in [-0.05, 0) is 18.2 Å². The Kier molecular flexibility index (Phi) is 4.53. The number of ketones is 1. The number of halogens is 4. The van der Waals surface area contributed by atoms with E-state index < -0.39 is 42.9 Å². The topological polar surface area (TPSA) is 43.4 Å². The van der Waals surface area contributed by atoms with E-state index in [1.807, 2.05) is 0 Å². The molecule has 0 unspecified atom stereocenters. The first-order valence-corrected chi connectivity index (χ1v) is 7.62. The van der Waals surface area contributed by atoms with Gasteiger partial charge in [0, 0.05) is 18.9 Å². The van der Waals surface area contributed by atoms with Gasteiger partial charge >= 0.3 is 6.18 Å². The van der Waals surface area contributed by atoms with E-state index in [2.05, 4.69) is 4.52 Å². The monoisotopic (exact) mass is 298 g/mol. The SMILES string of the molecule is CP(C)(=O)OCC(=O)c1cc(F)ccc1C(F)(F)F. The van der Waals surface area contributed by atoms with Crippen molar-refractivity contribution in [2.24, 2.45) is 0 Å². The second-order valence-corrected chi connectivity index (χ2v) is 6.90. The Morgan fingerprint density at radius 3 is 2.37 bits per heavy atom. The summed E-state index contributed by atoms with van der Waals surface area (Å²) in [5.74, 6) is -2.04. The highest BCUT2D eigenvalue weighted by Gasteiger charge is 2.35. The molecule has 0 spiro atoms. The van der Waals surface area contributed by atoms with Gasteiger partial charge < -0.3 is 4.52 Å². The van der Waals surface area contributed by atoms with Crippen LogP contribution in [0.15, 0.2) is 18.2 Å². The van der Waals surface area contributed by atoms with Gasteiger partial charge in [0.05, 0.1) is 5.56 Å². The molecule has 106 valence electrons. The third-order valence-corrected chi connectivity index (χ3v) is 2.84. The Morgan fingerprint density at radius 1 is 1.32 bits per heavy atom. The second-order valence-electron chi connectivity index (χ2n) is 4.14. The largest absolute Gasteiger partial charge is 0.417 e. The van der Waals surface area contributed by atoms with E-state index in [4.69, 9.17) is 0 Å². The molecule has 0 saturated heterocycles. The fraction of sp³-hybridized carbons (Fsp3) is 0.364. The maximum Gasteiger partial charge on any atom is 0.417 e. The molecule has 1 aromatic carbocycles. The summed E-state index contributed by atoms with van der Waals surface area (Å²) in [7, 11) is -3.00. The number of carbonyl (C=O) groups is 1. The summed E-state index contributed by atoms with van der Waals surface area (Å²) in [6, 6.07) is 1.59. The van der Waals surface area contributed by atoms with Gasteiger partial charge in [-0.3, -0.25) is 9.36 Å². The molecule has 0 aromatic heterocycles. The van der Waals surface area contributed by atoms with Crippen LogP contribution in [0.2, 0.25) is 0 Å². The molecule has 1 aromatic rings. The third-order valence-electron chi connectivity index (χ3n) is 2.09. The minimum atomic E-state index is -4.78. The van der Waals surface area contributed by atoms with Crippen molar-refractivity contribution in [2.45, 2.75) is 6.18 Å². The molecule has 0 aliphatic rings. The molecule has 0 aliphatic heterocycles. The lowest BCUT2D eigenvalue weighted by atomic mass is 10.0. The van der Waals surface area contributed by atoms with Crippen molar-refractivity contribution >= 4 is 13.2 Å². The molecule has 19 heavy (non-hydrogen) atoms. The van der Waals surface area contributed by atoms with Crippen LogP contribution in [0.4, 0.5) is 17.6 Å². The van der Waals surface area contributed by atoms with E-state index in [0.29, 0.717) is 18.2 Å². The molecule has 0 fully saturated rings. The standard InChI is InChI=1S/C11H11F4O3P/c1-19(2,17)18-6-10(16)8-5-7(12)3-4-9(8)11(13,14)15/h3-5H,6H2,1-2H3. The quantitative estimate of drug-likeness (QED) is 0.485. The Bertz CT molecular complexity index is 533. The predicted molar refractivity (Wildman–Crippen MR) is 61.1 cm³/mol. The van der Waals surface area contributed by atoms with Gasteiger partial charge in [-0.15, -0.1) is 0 Å². The summed E-state index contributed by atoms with van der Waals surface area (Å²) in [4.78, 5) is 11.6. The maximum atomic E-state index is 13.0. The number of alkyl halides is 3. The van der Waals surface area contributed by atoms with Crippen LogP contribution in [0.3, 0.4) is 0 Å². The van der Waals surface area contributed by atoms with Crippen molar-refractivity contribution in [3.8, 4) is 0 Å². The van der Waals surface area contributed by atoms with Gasteiger partial charge in [0.25, 0.3) is 0 Å². The lowest BCUT2D eigenvalue weighted by molar-refractivity contribution is -0.137. The molecule has 3 nitrogen and oxygen atoms in total. The fourth-order valence-corrected chi connectivity index (χ4v) is 1.71. The normalized spacial score (nSPS) is 12.5. The summed E-state index contributed by atoms with van der Waals surface area (Å²) in [5.41, 5.74) is -2.08. The maximum absolute atomic E-state index is 13.0. The van der Waals surface area contributed by atoms with Crippen LogP contribution < -0.4 is 0 Å². The van der Waals surface area contributed by atoms with Crippen LogP contribution in [0, 0.1) is 5.82 Å². The summed E-state index contributed by atoms with van der Waals surface area (Å²) in [6.07, 6.45) is -4.78.